The van der Waals surface area contributed by atoms with Crippen LogP contribution in [0.5, 0.6) is 5.75 Å². The summed E-state index contributed by atoms with van der Waals surface area (Å²) in [6.45, 7) is 7.10. The Bertz CT molecular complexity index is 862. The van der Waals surface area contributed by atoms with E-state index in [0.29, 0.717) is 12.7 Å². The van der Waals surface area contributed by atoms with Crippen LogP contribution in [0.3, 0.4) is 0 Å². The number of imidazole rings is 1. The van der Waals surface area contributed by atoms with Crippen molar-refractivity contribution >= 4 is 23.4 Å². The number of hydrogen-bond acceptors (Lipinski definition) is 4. The lowest BCUT2D eigenvalue weighted by molar-refractivity contribution is -0.0146. The maximum absolute atomic E-state index is 12.7. The third-order valence-corrected chi connectivity index (χ3v) is 6.94. The van der Waals surface area contributed by atoms with E-state index in [1.807, 2.05) is 36.8 Å². The number of nitrogens with one attached hydrogen (secondary N) is 1. The number of rotatable bonds is 5. The first kappa shape index (κ1) is 22.2. The minimum atomic E-state index is -0.00564. The smallest absolute Gasteiger partial charge is 0.326 e. The lowest BCUT2D eigenvalue weighted by Crippen LogP contribution is -2.52. The van der Waals surface area contributed by atoms with Gasteiger partial charge >= 0.3 is 5.69 Å². The van der Waals surface area contributed by atoms with Gasteiger partial charge in [-0.3, -0.25) is 9.47 Å². The number of hydrogen-bond donors (Lipinski definition) is 1. The third-order valence-electron chi connectivity index (χ3n) is 6.94. The molecule has 6 nitrogen and oxygen atoms in total. The molecule has 0 amide bonds. The van der Waals surface area contributed by atoms with Crippen molar-refractivity contribution in [2.24, 2.45) is 0 Å². The zero-order valence-electron chi connectivity index (χ0n) is 17.8. The van der Waals surface area contributed by atoms with E-state index in [1.54, 1.807) is 0 Å². The van der Waals surface area contributed by atoms with Gasteiger partial charge in [0, 0.05) is 37.8 Å². The normalized spacial score (nSPS) is 26.4. The number of halogens is 1. The molecule has 7 heteroatoms. The first-order valence-electron chi connectivity index (χ1n) is 10.7. The molecular weight excluding hydrogens is 390 g/mol. The molecule has 4 rings (SSSR count). The lowest BCUT2D eigenvalue weighted by atomic mass is 9.79. The Morgan fingerprint density at radius 3 is 2.48 bits per heavy atom. The second kappa shape index (κ2) is 9.11. The molecule has 1 saturated heterocycles. The number of benzene rings is 1. The molecule has 1 aliphatic heterocycles. The number of aromatic amines is 1. The van der Waals surface area contributed by atoms with Crippen LogP contribution in [0.4, 0.5) is 0 Å². The molecule has 1 aromatic carbocycles. The zero-order chi connectivity index (χ0) is 19.7. The van der Waals surface area contributed by atoms with Crippen molar-refractivity contribution in [3.05, 3.63) is 28.7 Å². The summed E-state index contributed by atoms with van der Waals surface area (Å²) in [7, 11) is 1.83. The molecule has 1 N–H and O–H groups in total. The number of aromatic nitrogens is 2. The Labute approximate surface area is 179 Å². The quantitative estimate of drug-likeness (QED) is 0.785. The van der Waals surface area contributed by atoms with Crippen LogP contribution in [0.1, 0.15) is 58.4 Å². The predicted molar refractivity (Wildman–Crippen MR) is 118 cm³/mol. The topological polar surface area (TPSA) is 59.5 Å². The standard InChI is InChI=1S/C22H33N3O3.ClH/c1-4-28-18-5-6-19-20(15-18)25(21(26)23-19)16-9-13-24(14-10-16)22(2)11-7-17(27-3)8-12-22;/h5-6,15-17H,4,7-14H2,1-3H3,(H,23,26);1H. The summed E-state index contributed by atoms with van der Waals surface area (Å²) in [5, 5.41) is 0. The molecule has 2 aromatic rings. The first-order chi connectivity index (χ1) is 13.5. The van der Waals surface area contributed by atoms with Crippen LogP contribution in [0, 0.1) is 0 Å². The van der Waals surface area contributed by atoms with Gasteiger partial charge in [-0.25, -0.2) is 4.79 Å². The highest BCUT2D eigenvalue weighted by Gasteiger charge is 2.38. The second-order valence-corrected chi connectivity index (χ2v) is 8.56. The van der Waals surface area contributed by atoms with Gasteiger partial charge in [-0.05, 0) is 64.5 Å². The van der Waals surface area contributed by atoms with E-state index in [-0.39, 0.29) is 29.7 Å². The molecular formula is C22H34ClN3O3. The molecule has 162 valence electrons. The van der Waals surface area contributed by atoms with Gasteiger partial charge in [0.15, 0.2) is 0 Å². The van der Waals surface area contributed by atoms with Crippen molar-refractivity contribution in [3.63, 3.8) is 0 Å². The van der Waals surface area contributed by atoms with Gasteiger partial charge in [0.1, 0.15) is 5.75 Å². The largest absolute Gasteiger partial charge is 0.494 e. The third kappa shape index (κ3) is 4.35. The van der Waals surface area contributed by atoms with Crippen molar-refractivity contribution in [1.82, 2.24) is 14.5 Å². The maximum atomic E-state index is 12.7. The summed E-state index contributed by atoms with van der Waals surface area (Å²) in [5.74, 6) is 0.822. The van der Waals surface area contributed by atoms with E-state index < -0.39 is 0 Å². The molecule has 0 unspecified atom stereocenters. The van der Waals surface area contributed by atoms with Crippen molar-refractivity contribution in [2.45, 2.75) is 70.1 Å². The summed E-state index contributed by atoms with van der Waals surface area (Å²) >= 11 is 0. The Hall–Kier alpha value is -1.50. The zero-order valence-corrected chi connectivity index (χ0v) is 18.6. The molecule has 0 radical (unpaired) electrons. The maximum Gasteiger partial charge on any atom is 0.326 e. The van der Waals surface area contributed by atoms with Crippen LogP contribution < -0.4 is 10.4 Å². The average Bonchev–Trinajstić information content (AvgIpc) is 3.04. The monoisotopic (exact) mass is 423 g/mol. The molecule has 2 heterocycles. The van der Waals surface area contributed by atoms with E-state index in [9.17, 15) is 4.79 Å². The van der Waals surface area contributed by atoms with Crippen LogP contribution in [0.15, 0.2) is 23.0 Å². The molecule has 1 aromatic heterocycles. The fourth-order valence-corrected chi connectivity index (χ4v) is 5.15. The fourth-order valence-electron chi connectivity index (χ4n) is 5.15. The van der Waals surface area contributed by atoms with Crippen LogP contribution in [0.2, 0.25) is 0 Å². The SMILES string of the molecule is CCOc1ccc2[nH]c(=O)n(C3CCN(C4(C)CCC(OC)CC4)CC3)c2c1.Cl. The highest BCUT2D eigenvalue weighted by molar-refractivity contribution is 5.85. The Kier molecular flexibility index (Phi) is 6.97. The van der Waals surface area contributed by atoms with E-state index in [1.165, 1.54) is 12.8 Å². The number of ether oxygens (including phenoxy) is 2. The summed E-state index contributed by atoms with van der Waals surface area (Å²) in [6.07, 6.45) is 7.13. The summed E-state index contributed by atoms with van der Waals surface area (Å²) in [6, 6.07) is 6.11. The molecule has 0 bridgehead atoms. The Balaban J connectivity index is 0.00000240. The fraction of sp³-hybridized carbons (Fsp3) is 0.682. The van der Waals surface area contributed by atoms with Crippen molar-refractivity contribution in [3.8, 4) is 5.75 Å². The van der Waals surface area contributed by atoms with E-state index in [2.05, 4.69) is 16.8 Å². The number of fused-ring (bicyclic) bond motifs is 1. The number of nitrogens with zero attached hydrogens (tertiary/aromatic N) is 2. The van der Waals surface area contributed by atoms with Crippen molar-refractivity contribution < 1.29 is 9.47 Å². The van der Waals surface area contributed by atoms with Gasteiger partial charge < -0.3 is 14.5 Å². The van der Waals surface area contributed by atoms with Crippen LogP contribution in [-0.4, -0.2) is 52.9 Å². The van der Waals surface area contributed by atoms with Gasteiger partial charge in [0.05, 0.1) is 23.7 Å². The van der Waals surface area contributed by atoms with Gasteiger partial charge in [-0.2, -0.15) is 0 Å². The summed E-state index contributed by atoms with van der Waals surface area (Å²) in [4.78, 5) is 18.3. The second-order valence-electron chi connectivity index (χ2n) is 8.56. The van der Waals surface area contributed by atoms with Crippen LogP contribution in [0.25, 0.3) is 11.0 Å². The van der Waals surface area contributed by atoms with Crippen molar-refractivity contribution in [1.29, 1.82) is 0 Å². The van der Waals surface area contributed by atoms with Gasteiger partial charge in [-0.15, -0.1) is 12.4 Å². The highest BCUT2D eigenvalue weighted by atomic mass is 35.5. The van der Waals surface area contributed by atoms with Crippen LogP contribution >= 0.6 is 12.4 Å². The van der Waals surface area contributed by atoms with Gasteiger partial charge in [0.25, 0.3) is 0 Å². The summed E-state index contributed by atoms with van der Waals surface area (Å²) < 4.78 is 13.2. The molecule has 29 heavy (non-hydrogen) atoms. The number of piperidine rings is 1. The molecule has 0 atom stereocenters. The molecule has 2 aliphatic rings. The Morgan fingerprint density at radius 2 is 1.86 bits per heavy atom. The lowest BCUT2D eigenvalue weighted by Gasteiger charge is -2.48. The van der Waals surface area contributed by atoms with Gasteiger partial charge in [-0.1, -0.05) is 0 Å². The van der Waals surface area contributed by atoms with E-state index in [4.69, 9.17) is 9.47 Å². The minimum Gasteiger partial charge on any atom is -0.494 e. The first-order valence-corrected chi connectivity index (χ1v) is 10.7. The summed E-state index contributed by atoms with van der Waals surface area (Å²) in [5.41, 5.74) is 2.11. The van der Waals surface area contributed by atoms with E-state index in [0.717, 1.165) is 55.6 Å². The average molecular weight is 424 g/mol. The number of likely N-dealkylation sites (tertiary alicyclic amines) is 1. The predicted octanol–water partition coefficient (Wildman–Crippen LogP) is 4.13. The Morgan fingerprint density at radius 1 is 1.17 bits per heavy atom. The van der Waals surface area contributed by atoms with Crippen molar-refractivity contribution in [2.75, 3.05) is 26.8 Å². The molecule has 1 aliphatic carbocycles. The number of methoxy groups -OCH3 is 1. The minimum absolute atomic E-state index is 0. The molecule has 0 spiro atoms. The van der Waals surface area contributed by atoms with E-state index >= 15 is 0 Å². The highest BCUT2D eigenvalue weighted by Crippen LogP contribution is 2.38. The molecule has 1 saturated carbocycles. The van der Waals surface area contributed by atoms with Crippen LogP contribution in [-0.2, 0) is 4.74 Å². The van der Waals surface area contributed by atoms with Gasteiger partial charge in [0.2, 0.25) is 0 Å². The molecule has 2 fully saturated rings. The number of H-pyrrole nitrogens is 1.